The maximum atomic E-state index is 2.82. The molecule has 2 atom stereocenters. The first-order chi connectivity index (χ1) is 32.3. The van der Waals surface area contributed by atoms with E-state index in [0.29, 0.717) is 11.8 Å². The molecular formula is C66H85BN2S. The van der Waals surface area contributed by atoms with Gasteiger partial charge in [-0.25, -0.2) is 0 Å². The largest absolute Gasteiger partial charge is 0.311 e. The number of hydrogen-bond donors (Lipinski definition) is 0. The Morgan fingerprint density at radius 1 is 0.557 bits per heavy atom. The second-order valence-corrected chi connectivity index (χ2v) is 30.7. The van der Waals surface area contributed by atoms with Crippen molar-refractivity contribution in [3.63, 3.8) is 0 Å². The van der Waals surface area contributed by atoms with Crippen molar-refractivity contribution >= 4 is 72.3 Å². The molecule has 3 heterocycles. The van der Waals surface area contributed by atoms with Gasteiger partial charge >= 0.3 is 0 Å². The SMILES string of the molecule is CC1=C(N2c3cc(C(C)(C)C)cc4c3B(c3cc5c(cc3N4c3ccc4c(c3)C(C)(C)CCC4(C)C)C(C)(C)CCC5(C)C)c3sc4cc5c(cc4c32)C(C)(C)CCC5(C)C)C=CC(C(C)(C)C)C1C. The Hall–Kier alpha value is -4.02. The van der Waals surface area contributed by atoms with E-state index in [4.69, 9.17) is 0 Å². The van der Waals surface area contributed by atoms with Crippen LogP contribution in [0.4, 0.5) is 28.4 Å². The minimum absolute atomic E-state index is 0.0653. The van der Waals surface area contributed by atoms with Gasteiger partial charge < -0.3 is 9.80 Å². The Kier molecular flexibility index (Phi) is 10.2. The van der Waals surface area contributed by atoms with E-state index in [0.717, 1.165) is 0 Å². The molecule has 6 aliphatic rings. The van der Waals surface area contributed by atoms with Crippen LogP contribution >= 0.6 is 11.3 Å². The molecule has 1 aromatic heterocycles. The van der Waals surface area contributed by atoms with Crippen LogP contribution < -0.4 is 25.5 Å². The van der Waals surface area contributed by atoms with Gasteiger partial charge in [-0.15, -0.1) is 11.3 Å². The van der Waals surface area contributed by atoms with Gasteiger partial charge in [0, 0.05) is 43.3 Å². The summed E-state index contributed by atoms with van der Waals surface area (Å²) in [6.07, 6.45) is 12.3. The van der Waals surface area contributed by atoms with E-state index in [1.165, 1.54) is 126 Å². The fraction of sp³-hybridized carbons (Fsp3) is 0.545. The van der Waals surface area contributed by atoms with Gasteiger partial charge in [0.05, 0.1) is 5.69 Å². The number of benzene rings is 4. The number of hydrogen-bond acceptors (Lipinski definition) is 3. The van der Waals surface area contributed by atoms with E-state index in [9.17, 15) is 0 Å². The quantitative estimate of drug-likeness (QED) is 0.160. The molecule has 4 heteroatoms. The van der Waals surface area contributed by atoms with Crippen LogP contribution in [0, 0.1) is 17.3 Å². The monoisotopic (exact) mass is 949 g/mol. The van der Waals surface area contributed by atoms with Crippen molar-refractivity contribution in [3.8, 4) is 0 Å². The third kappa shape index (κ3) is 6.96. The standard InChI is InChI=1S/C66H85BN2S/c1-38-39(2)51(24-23-43(38)60(6,7)8)69-54-32-40(59(3,4)5)31-53-56(54)67(58-57(69)42-34-46-49(37-55(42)70-58)66(19,20)30-27-63(46,13)14)50-35-47-48(65(17,18)29-28-64(47,15)16)36-52(50)68(53)41-21-22-44-45(33-41)62(11,12)26-25-61(44,9)10/h21-24,31-38,43H,25-30H2,1-20H3. The summed E-state index contributed by atoms with van der Waals surface area (Å²) in [6, 6.07) is 23.8. The third-order valence-corrected chi connectivity index (χ3v) is 21.1. The van der Waals surface area contributed by atoms with Crippen molar-refractivity contribution in [2.75, 3.05) is 9.80 Å². The van der Waals surface area contributed by atoms with Crippen molar-refractivity contribution in [2.45, 2.75) is 215 Å². The number of anilines is 5. The highest BCUT2D eigenvalue weighted by atomic mass is 32.1. The zero-order valence-corrected chi connectivity index (χ0v) is 47.9. The smallest absolute Gasteiger partial charge is 0.264 e. The number of rotatable bonds is 2. The van der Waals surface area contributed by atoms with Crippen molar-refractivity contribution in [1.82, 2.24) is 0 Å². The number of allylic oxidation sites excluding steroid dienone is 3. The molecule has 5 aromatic rings. The topological polar surface area (TPSA) is 6.48 Å². The molecule has 0 fully saturated rings. The van der Waals surface area contributed by atoms with E-state index >= 15 is 0 Å². The van der Waals surface area contributed by atoms with Crippen LogP contribution in [0.25, 0.3) is 10.1 Å². The predicted molar refractivity (Wildman–Crippen MR) is 308 cm³/mol. The molecule has 0 saturated heterocycles. The highest BCUT2D eigenvalue weighted by Gasteiger charge is 2.50. The van der Waals surface area contributed by atoms with Gasteiger partial charge in [0.1, 0.15) is 0 Å². The minimum Gasteiger partial charge on any atom is -0.311 e. The van der Waals surface area contributed by atoms with Crippen LogP contribution in [-0.2, 0) is 37.9 Å². The average molecular weight is 949 g/mol. The second-order valence-electron chi connectivity index (χ2n) is 29.6. The lowest BCUT2D eigenvalue weighted by molar-refractivity contribution is 0.236. The average Bonchev–Trinajstić information content (AvgIpc) is 3.63. The van der Waals surface area contributed by atoms with Gasteiger partial charge in [0.15, 0.2) is 0 Å². The molecule has 4 aromatic carbocycles. The molecule has 2 unspecified atom stereocenters. The summed E-state index contributed by atoms with van der Waals surface area (Å²) >= 11 is 2.11. The Labute approximate surface area is 428 Å². The Morgan fingerprint density at radius 3 is 1.59 bits per heavy atom. The summed E-state index contributed by atoms with van der Waals surface area (Å²) in [5.41, 5.74) is 23.9. The van der Waals surface area contributed by atoms with Gasteiger partial charge in [-0.3, -0.25) is 0 Å². The molecule has 11 rings (SSSR count). The summed E-state index contributed by atoms with van der Waals surface area (Å²) in [7, 11) is 0. The predicted octanol–water partition coefficient (Wildman–Crippen LogP) is 17.1. The van der Waals surface area contributed by atoms with Crippen molar-refractivity contribution in [3.05, 3.63) is 117 Å². The van der Waals surface area contributed by atoms with Crippen molar-refractivity contribution in [1.29, 1.82) is 0 Å². The summed E-state index contributed by atoms with van der Waals surface area (Å²) < 4.78 is 2.94. The maximum Gasteiger partial charge on any atom is 0.264 e. The van der Waals surface area contributed by atoms with Crippen LogP contribution in [-0.4, -0.2) is 6.71 Å². The van der Waals surface area contributed by atoms with E-state index in [1.54, 1.807) is 16.7 Å². The van der Waals surface area contributed by atoms with Gasteiger partial charge in [0.25, 0.3) is 6.71 Å². The lowest BCUT2D eigenvalue weighted by Gasteiger charge is -2.48. The molecule has 0 spiro atoms. The minimum atomic E-state index is -0.0928. The highest BCUT2D eigenvalue weighted by Crippen LogP contribution is 2.56. The summed E-state index contributed by atoms with van der Waals surface area (Å²) in [6.45, 7) is 49.6. The third-order valence-electron chi connectivity index (χ3n) is 19.9. The lowest BCUT2D eigenvalue weighted by Crippen LogP contribution is -2.61. The summed E-state index contributed by atoms with van der Waals surface area (Å²) in [5, 5.41) is 1.43. The van der Waals surface area contributed by atoms with Gasteiger partial charge in [-0.05, 0) is 205 Å². The fourth-order valence-electron chi connectivity index (χ4n) is 14.6. The first-order valence-corrected chi connectivity index (χ1v) is 28.2. The van der Waals surface area contributed by atoms with Crippen LogP contribution in [0.3, 0.4) is 0 Å². The van der Waals surface area contributed by atoms with Gasteiger partial charge in [-0.1, -0.05) is 150 Å². The van der Waals surface area contributed by atoms with E-state index in [2.05, 4.69) is 226 Å². The van der Waals surface area contributed by atoms with Crippen LogP contribution in [0.2, 0.25) is 0 Å². The lowest BCUT2D eigenvalue weighted by atomic mass is 9.35. The van der Waals surface area contributed by atoms with Crippen LogP contribution in [0.1, 0.15) is 216 Å². The van der Waals surface area contributed by atoms with E-state index in [-0.39, 0.29) is 50.0 Å². The highest BCUT2D eigenvalue weighted by molar-refractivity contribution is 7.33. The Balaban J connectivity index is 1.30. The van der Waals surface area contributed by atoms with Gasteiger partial charge in [0.2, 0.25) is 0 Å². The molecule has 4 aliphatic carbocycles. The molecular weight excluding hydrogens is 864 g/mol. The Morgan fingerprint density at radius 2 is 1.04 bits per heavy atom. The maximum absolute atomic E-state index is 2.82. The first-order valence-electron chi connectivity index (χ1n) is 27.4. The van der Waals surface area contributed by atoms with Crippen molar-refractivity contribution < 1.29 is 0 Å². The number of nitrogens with zero attached hydrogens (tertiary/aromatic N) is 2. The van der Waals surface area contributed by atoms with Crippen LogP contribution in [0.5, 0.6) is 0 Å². The fourth-order valence-corrected chi connectivity index (χ4v) is 15.9. The Bertz CT molecular complexity index is 3120. The molecule has 368 valence electrons. The number of thiophene rings is 1. The summed E-state index contributed by atoms with van der Waals surface area (Å²) in [4.78, 5) is 5.59. The molecule has 0 bridgehead atoms. The zero-order valence-electron chi connectivity index (χ0n) is 47.1. The molecule has 2 aliphatic heterocycles. The molecule has 0 saturated carbocycles. The zero-order chi connectivity index (χ0) is 50.6. The second kappa shape index (κ2) is 14.8. The van der Waals surface area contributed by atoms with Gasteiger partial charge in [-0.2, -0.15) is 0 Å². The molecule has 70 heavy (non-hydrogen) atoms. The molecule has 2 nitrogen and oxygen atoms in total. The number of fused-ring (bicyclic) bond motifs is 9. The first kappa shape index (κ1) is 48.3. The normalized spacial score (nSPS) is 24.1. The molecule has 0 amide bonds. The van der Waals surface area contributed by atoms with Crippen LogP contribution in [0.15, 0.2) is 78.0 Å². The van der Waals surface area contributed by atoms with E-state index in [1.807, 2.05) is 0 Å². The molecule has 0 N–H and O–H groups in total. The van der Waals surface area contributed by atoms with Crippen molar-refractivity contribution in [2.24, 2.45) is 17.3 Å². The van der Waals surface area contributed by atoms with E-state index < -0.39 is 0 Å². The summed E-state index contributed by atoms with van der Waals surface area (Å²) in [5.74, 6) is 0.856. The molecule has 0 radical (unpaired) electrons.